The Morgan fingerprint density at radius 1 is 1.09 bits per heavy atom. The van der Waals surface area contributed by atoms with Crippen molar-refractivity contribution in [3.05, 3.63) is 48.4 Å². The number of aromatic nitrogens is 1. The highest BCUT2D eigenvalue weighted by Crippen LogP contribution is 2.28. The topological polar surface area (TPSA) is 162 Å². The molecular weight excluding hydrogens is 474 g/mol. The van der Waals surface area contributed by atoms with Crippen molar-refractivity contribution in [2.24, 2.45) is 0 Å². The van der Waals surface area contributed by atoms with E-state index in [0.717, 1.165) is 6.26 Å². The predicted octanol–water partition coefficient (Wildman–Crippen LogP) is 0.829. The number of benzene rings is 1. The van der Waals surface area contributed by atoms with E-state index in [1.165, 1.54) is 40.2 Å². The van der Waals surface area contributed by atoms with Crippen molar-refractivity contribution in [1.29, 1.82) is 0 Å². The zero-order valence-electron chi connectivity index (χ0n) is 17.4. The molecule has 0 spiro atoms. The van der Waals surface area contributed by atoms with Crippen molar-refractivity contribution >= 4 is 48.4 Å². The van der Waals surface area contributed by atoms with Crippen LogP contribution in [0, 0.1) is 0 Å². The lowest BCUT2D eigenvalue weighted by Gasteiger charge is -2.34. The highest BCUT2D eigenvalue weighted by Gasteiger charge is 2.26. The SMILES string of the molecule is CS(=O)(=O)N1CCN(c2ncccc2NS(=O)(=O)c2ccc3cc(C(=O)NO)oc3c2)CC1. The molecule has 0 atom stereocenters. The number of amides is 1. The molecule has 1 aliphatic rings. The molecule has 1 fully saturated rings. The maximum Gasteiger partial charge on any atom is 0.310 e. The van der Waals surface area contributed by atoms with Gasteiger partial charge in [-0.25, -0.2) is 27.3 Å². The molecule has 1 amide bonds. The van der Waals surface area contributed by atoms with Gasteiger partial charge in [0.1, 0.15) is 5.58 Å². The number of anilines is 2. The van der Waals surface area contributed by atoms with Crippen molar-refractivity contribution in [1.82, 2.24) is 14.8 Å². The summed E-state index contributed by atoms with van der Waals surface area (Å²) in [4.78, 5) is 17.5. The smallest absolute Gasteiger partial charge is 0.310 e. The van der Waals surface area contributed by atoms with Gasteiger partial charge in [-0.2, -0.15) is 4.31 Å². The van der Waals surface area contributed by atoms with Gasteiger partial charge in [0.2, 0.25) is 10.0 Å². The average molecular weight is 496 g/mol. The molecule has 0 saturated carbocycles. The summed E-state index contributed by atoms with van der Waals surface area (Å²) in [5.41, 5.74) is 1.85. The van der Waals surface area contributed by atoms with Crippen LogP contribution in [-0.2, 0) is 20.0 Å². The van der Waals surface area contributed by atoms with Gasteiger partial charge in [-0.3, -0.25) is 14.7 Å². The molecule has 0 aliphatic carbocycles. The number of carbonyl (C=O) groups excluding carboxylic acids is 1. The zero-order chi connectivity index (χ0) is 23.8. The number of nitrogens with zero attached hydrogens (tertiary/aromatic N) is 3. The van der Waals surface area contributed by atoms with Crippen LogP contribution in [0.15, 0.2) is 51.9 Å². The third-order valence-corrected chi connectivity index (χ3v) is 7.83. The van der Waals surface area contributed by atoms with E-state index in [4.69, 9.17) is 9.62 Å². The summed E-state index contributed by atoms with van der Waals surface area (Å²) < 4.78 is 58.8. The van der Waals surface area contributed by atoms with E-state index in [0.29, 0.717) is 24.3 Å². The van der Waals surface area contributed by atoms with Gasteiger partial charge in [0.25, 0.3) is 10.0 Å². The van der Waals surface area contributed by atoms with E-state index in [1.54, 1.807) is 12.1 Å². The van der Waals surface area contributed by atoms with Crippen LogP contribution < -0.4 is 15.1 Å². The van der Waals surface area contributed by atoms with Crippen LogP contribution in [-0.4, -0.2) is 69.7 Å². The molecule has 14 heteroatoms. The van der Waals surface area contributed by atoms with Crippen LogP contribution in [0.2, 0.25) is 0 Å². The monoisotopic (exact) mass is 495 g/mol. The van der Waals surface area contributed by atoms with Crippen LogP contribution >= 0.6 is 0 Å². The second-order valence-electron chi connectivity index (χ2n) is 7.38. The normalized spacial score (nSPS) is 15.5. The fourth-order valence-electron chi connectivity index (χ4n) is 3.51. The molecule has 1 aromatic carbocycles. The first-order valence-electron chi connectivity index (χ1n) is 9.74. The van der Waals surface area contributed by atoms with Crippen LogP contribution in [0.5, 0.6) is 0 Å². The Morgan fingerprint density at radius 3 is 2.48 bits per heavy atom. The highest BCUT2D eigenvalue weighted by molar-refractivity contribution is 7.92. The maximum atomic E-state index is 13.1. The molecule has 2 aromatic heterocycles. The van der Waals surface area contributed by atoms with E-state index in [1.807, 2.05) is 4.90 Å². The fourth-order valence-corrected chi connectivity index (χ4v) is 5.41. The van der Waals surface area contributed by atoms with Gasteiger partial charge in [0.15, 0.2) is 11.6 Å². The predicted molar refractivity (Wildman–Crippen MR) is 119 cm³/mol. The third kappa shape index (κ3) is 4.78. The van der Waals surface area contributed by atoms with Crippen LogP contribution in [0.25, 0.3) is 11.0 Å². The lowest BCUT2D eigenvalue weighted by molar-refractivity contribution is 0.0678. The minimum atomic E-state index is -4.05. The molecule has 1 saturated heterocycles. The number of carbonyl (C=O) groups is 1. The number of hydrogen-bond donors (Lipinski definition) is 3. The Morgan fingerprint density at radius 2 is 1.82 bits per heavy atom. The van der Waals surface area contributed by atoms with Crippen molar-refractivity contribution in [3.63, 3.8) is 0 Å². The van der Waals surface area contributed by atoms with E-state index in [-0.39, 0.29) is 35.0 Å². The molecule has 3 heterocycles. The fraction of sp³-hybridized carbons (Fsp3) is 0.263. The summed E-state index contributed by atoms with van der Waals surface area (Å²) in [7, 11) is -7.35. The second kappa shape index (κ2) is 8.62. The zero-order valence-corrected chi connectivity index (χ0v) is 19.1. The number of piperazine rings is 1. The Bertz CT molecular complexity index is 1410. The second-order valence-corrected chi connectivity index (χ2v) is 11.0. The number of pyridine rings is 1. The quantitative estimate of drug-likeness (QED) is 0.332. The molecular formula is C19H21N5O7S2. The van der Waals surface area contributed by atoms with E-state index >= 15 is 0 Å². The van der Waals surface area contributed by atoms with Gasteiger partial charge in [-0.1, -0.05) is 0 Å². The standard InChI is InChI=1S/C19H21N5O7S2/c1-32(27,28)24-9-7-23(8-10-24)18-15(3-2-6-20-18)22-33(29,30)14-5-4-13-11-17(19(25)21-26)31-16(13)12-14/h2-6,11-12,22,26H,7-10H2,1H3,(H,21,25). The average Bonchev–Trinajstić information content (AvgIpc) is 3.22. The summed E-state index contributed by atoms with van der Waals surface area (Å²) in [6.45, 7) is 1.24. The summed E-state index contributed by atoms with van der Waals surface area (Å²) in [5, 5.41) is 9.23. The number of nitrogens with one attached hydrogen (secondary N) is 2. The summed E-state index contributed by atoms with van der Waals surface area (Å²) in [6, 6.07) is 8.65. The molecule has 1 aliphatic heterocycles. The molecule has 4 rings (SSSR count). The molecule has 0 unspecified atom stereocenters. The van der Waals surface area contributed by atoms with Gasteiger partial charge in [-0.15, -0.1) is 0 Å². The first kappa shape index (κ1) is 23.0. The van der Waals surface area contributed by atoms with Gasteiger partial charge >= 0.3 is 5.91 Å². The van der Waals surface area contributed by atoms with Gasteiger partial charge in [-0.05, 0) is 30.3 Å². The van der Waals surface area contributed by atoms with Crippen LogP contribution in [0.4, 0.5) is 11.5 Å². The summed E-state index contributed by atoms with van der Waals surface area (Å²) in [5.74, 6) is -0.641. The molecule has 176 valence electrons. The number of sulfonamides is 2. The third-order valence-electron chi connectivity index (χ3n) is 5.17. The van der Waals surface area contributed by atoms with Crippen molar-refractivity contribution in [2.75, 3.05) is 42.1 Å². The Balaban J connectivity index is 1.59. The first-order chi connectivity index (χ1) is 15.6. The molecule has 33 heavy (non-hydrogen) atoms. The van der Waals surface area contributed by atoms with E-state index < -0.39 is 26.0 Å². The van der Waals surface area contributed by atoms with Crippen molar-refractivity contribution in [3.8, 4) is 0 Å². The minimum absolute atomic E-state index is 0.1000. The Hall–Kier alpha value is -3.20. The molecule has 0 radical (unpaired) electrons. The first-order valence-corrected chi connectivity index (χ1v) is 13.1. The lowest BCUT2D eigenvalue weighted by Crippen LogP contribution is -2.48. The number of fused-ring (bicyclic) bond motifs is 1. The van der Waals surface area contributed by atoms with Crippen molar-refractivity contribution < 1.29 is 31.3 Å². The number of rotatable bonds is 6. The van der Waals surface area contributed by atoms with Crippen LogP contribution in [0.3, 0.4) is 0 Å². The summed E-state index contributed by atoms with van der Waals surface area (Å²) >= 11 is 0. The molecule has 0 bridgehead atoms. The Kier molecular flexibility index (Phi) is 6.00. The minimum Gasteiger partial charge on any atom is -0.451 e. The maximum absolute atomic E-state index is 13.1. The molecule has 12 nitrogen and oxygen atoms in total. The van der Waals surface area contributed by atoms with Gasteiger partial charge in [0.05, 0.1) is 16.8 Å². The van der Waals surface area contributed by atoms with Crippen LogP contribution in [0.1, 0.15) is 10.6 Å². The Labute approximate surface area is 189 Å². The van der Waals surface area contributed by atoms with Gasteiger partial charge < -0.3 is 9.32 Å². The number of hydroxylamine groups is 1. The lowest BCUT2D eigenvalue weighted by atomic mass is 10.2. The number of furan rings is 1. The number of hydrogen-bond acceptors (Lipinski definition) is 9. The van der Waals surface area contributed by atoms with Gasteiger partial charge in [0, 0.05) is 43.8 Å². The molecule has 3 aromatic rings. The van der Waals surface area contributed by atoms with E-state index in [2.05, 4.69) is 9.71 Å². The van der Waals surface area contributed by atoms with E-state index in [9.17, 15) is 21.6 Å². The molecule has 3 N–H and O–H groups in total. The van der Waals surface area contributed by atoms with Crippen molar-refractivity contribution in [2.45, 2.75) is 4.90 Å². The summed E-state index contributed by atoms with van der Waals surface area (Å²) in [6.07, 6.45) is 2.68. The highest BCUT2D eigenvalue weighted by atomic mass is 32.2. The largest absolute Gasteiger partial charge is 0.451 e.